The Morgan fingerprint density at radius 2 is 2.00 bits per heavy atom. The summed E-state index contributed by atoms with van der Waals surface area (Å²) >= 11 is 0. The number of aliphatic imine (C=N–C) groups is 1. The van der Waals surface area contributed by atoms with Crippen LogP contribution in [-0.2, 0) is 17.6 Å². The lowest BCUT2D eigenvalue weighted by molar-refractivity contribution is -0.136. The highest BCUT2D eigenvalue weighted by molar-refractivity contribution is 5.99. The second kappa shape index (κ2) is 10.1. The molecule has 0 aromatic heterocycles. The number of hydrogen-bond donors (Lipinski definition) is 4. The summed E-state index contributed by atoms with van der Waals surface area (Å²) in [5.41, 5.74) is 6.45. The van der Waals surface area contributed by atoms with Crippen LogP contribution in [0.25, 0.3) is 0 Å². The van der Waals surface area contributed by atoms with Gasteiger partial charge < -0.3 is 15.8 Å². The van der Waals surface area contributed by atoms with Gasteiger partial charge in [-0.25, -0.2) is 10.8 Å². The Morgan fingerprint density at radius 1 is 1.19 bits per heavy atom. The van der Waals surface area contributed by atoms with E-state index >= 15 is 0 Å². The maximum absolute atomic E-state index is 12.4. The monoisotopic (exact) mass is 368 g/mol. The van der Waals surface area contributed by atoms with Crippen LogP contribution in [0.5, 0.6) is 0 Å². The Morgan fingerprint density at radius 3 is 2.70 bits per heavy atom. The number of Topliss-reactive ketones (excluding diaryl/α,β-unsaturated/α-hetero) is 1. The van der Waals surface area contributed by atoms with E-state index in [-0.39, 0.29) is 18.7 Å². The fourth-order valence-electron chi connectivity index (χ4n) is 2.71. The molecule has 0 radical (unpaired) electrons. The number of hydrazine groups is 1. The van der Waals surface area contributed by atoms with E-state index in [2.05, 4.69) is 15.7 Å². The lowest BCUT2D eigenvalue weighted by atomic mass is 10.00. The van der Waals surface area contributed by atoms with Crippen molar-refractivity contribution in [2.75, 3.05) is 11.9 Å². The number of ketones is 1. The predicted molar refractivity (Wildman–Crippen MR) is 107 cm³/mol. The normalized spacial score (nSPS) is 10.7. The first-order chi connectivity index (χ1) is 13.0. The first-order valence-corrected chi connectivity index (χ1v) is 8.73. The van der Waals surface area contributed by atoms with Crippen molar-refractivity contribution in [1.29, 1.82) is 0 Å². The van der Waals surface area contributed by atoms with Gasteiger partial charge in [-0.05, 0) is 48.2 Å². The maximum atomic E-state index is 12.4. The second-order valence-electron chi connectivity index (χ2n) is 5.98. The van der Waals surface area contributed by atoms with E-state index in [1.54, 1.807) is 24.3 Å². The first kappa shape index (κ1) is 20.1. The average Bonchev–Trinajstić information content (AvgIpc) is 2.69. The van der Waals surface area contributed by atoms with Crippen LogP contribution in [0.2, 0.25) is 0 Å². The smallest absolute Gasteiger partial charge is 0.303 e. The molecular formula is C20H24N4O3. The highest BCUT2D eigenvalue weighted by atomic mass is 16.4. The standard InChI is InChI=1S/C20H24N4O3/c1-2-14-10-18(8-6-15(14)7-9-20(26)27)22-12-19(25)16-4-3-5-17(11-16)23-13-24-21/h3-6,8,10-11,13,22H,2,7,9,12,21H2,1H3,(H,23,24)(H,26,27). The van der Waals surface area contributed by atoms with E-state index in [4.69, 9.17) is 10.9 Å². The van der Waals surface area contributed by atoms with Crippen molar-refractivity contribution in [3.8, 4) is 0 Å². The Hall–Kier alpha value is -3.19. The quantitative estimate of drug-likeness (QED) is 0.168. The summed E-state index contributed by atoms with van der Waals surface area (Å²) in [5, 5.41) is 12.0. The van der Waals surface area contributed by atoms with Crippen LogP contribution < -0.4 is 16.6 Å². The number of carboxylic acid groups (broad SMARTS) is 1. The molecule has 0 aliphatic rings. The lowest BCUT2D eigenvalue weighted by Crippen LogP contribution is -2.18. The van der Waals surface area contributed by atoms with Gasteiger partial charge in [0.1, 0.15) is 6.34 Å². The Kier molecular flexibility index (Phi) is 7.51. The molecule has 2 aromatic carbocycles. The summed E-state index contributed by atoms with van der Waals surface area (Å²) in [7, 11) is 0. The predicted octanol–water partition coefficient (Wildman–Crippen LogP) is 2.68. The minimum atomic E-state index is -0.807. The SMILES string of the molecule is CCc1cc(NCC(=O)c2cccc(N=CNN)c2)ccc1CCC(=O)O. The number of carbonyl (C=O) groups excluding carboxylic acids is 1. The molecule has 142 valence electrons. The van der Waals surface area contributed by atoms with Gasteiger partial charge in [0.25, 0.3) is 0 Å². The zero-order valence-corrected chi connectivity index (χ0v) is 15.2. The van der Waals surface area contributed by atoms with E-state index in [0.717, 1.165) is 23.2 Å². The van der Waals surface area contributed by atoms with Gasteiger partial charge >= 0.3 is 5.97 Å². The molecule has 0 bridgehead atoms. The Balaban J connectivity index is 2.02. The minimum absolute atomic E-state index is 0.0549. The highest BCUT2D eigenvalue weighted by Crippen LogP contribution is 2.19. The van der Waals surface area contributed by atoms with Crippen molar-refractivity contribution in [3.63, 3.8) is 0 Å². The summed E-state index contributed by atoms with van der Waals surface area (Å²) in [6, 6.07) is 12.7. The summed E-state index contributed by atoms with van der Waals surface area (Å²) in [5.74, 6) is 4.29. The molecule has 0 amide bonds. The zero-order valence-electron chi connectivity index (χ0n) is 15.2. The second-order valence-corrected chi connectivity index (χ2v) is 5.98. The average molecular weight is 368 g/mol. The van der Waals surface area contributed by atoms with E-state index in [1.807, 2.05) is 25.1 Å². The molecule has 0 aliphatic heterocycles. The van der Waals surface area contributed by atoms with Crippen LogP contribution in [0.15, 0.2) is 47.5 Å². The molecule has 7 nitrogen and oxygen atoms in total. The van der Waals surface area contributed by atoms with Crippen LogP contribution in [0.4, 0.5) is 11.4 Å². The molecule has 0 heterocycles. The fraction of sp³-hybridized carbons (Fsp3) is 0.250. The van der Waals surface area contributed by atoms with Gasteiger partial charge in [0, 0.05) is 17.7 Å². The number of hydrogen-bond acceptors (Lipinski definition) is 5. The van der Waals surface area contributed by atoms with Gasteiger partial charge in [0.05, 0.1) is 12.2 Å². The van der Waals surface area contributed by atoms with Gasteiger partial charge in [-0.3, -0.25) is 9.59 Å². The van der Waals surface area contributed by atoms with Crippen LogP contribution in [-0.4, -0.2) is 29.7 Å². The molecular weight excluding hydrogens is 344 g/mol. The van der Waals surface area contributed by atoms with Crippen molar-refractivity contribution in [1.82, 2.24) is 5.43 Å². The van der Waals surface area contributed by atoms with E-state index in [0.29, 0.717) is 17.7 Å². The first-order valence-electron chi connectivity index (χ1n) is 8.73. The van der Waals surface area contributed by atoms with E-state index in [9.17, 15) is 9.59 Å². The highest BCUT2D eigenvalue weighted by Gasteiger charge is 2.08. The zero-order chi connectivity index (χ0) is 19.6. The topological polar surface area (TPSA) is 117 Å². The Bertz CT molecular complexity index is 834. The van der Waals surface area contributed by atoms with Crippen molar-refractivity contribution in [2.24, 2.45) is 10.8 Å². The molecule has 7 heteroatoms. The molecule has 27 heavy (non-hydrogen) atoms. The summed E-state index contributed by atoms with van der Waals surface area (Å²) in [6.07, 6.45) is 2.76. The van der Waals surface area contributed by atoms with Crippen molar-refractivity contribution < 1.29 is 14.7 Å². The number of aryl methyl sites for hydroxylation is 2. The number of anilines is 1. The van der Waals surface area contributed by atoms with E-state index < -0.39 is 5.97 Å². The molecule has 2 rings (SSSR count). The molecule has 0 atom stereocenters. The molecule has 2 aromatic rings. The summed E-state index contributed by atoms with van der Waals surface area (Å²) in [4.78, 5) is 27.3. The number of carboxylic acids is 1. The third kappa shape index (κ3) is 6.23. The van der Waals surface area contributed by atoms with Crippen LogP contribution in [0, 0.1) is 0 Å². The molecule has 0 spiro atoms. The van der Waals surface area contributed by atoms with Crippen molar-refractivity contribution >= 4 is 29.5 Å². The number of nitrogens with two attached hydrogens (primary N) is 1. The molecule has 0 unspecified atom stereocenters. The minimum Gasteiger partial charge on any atom is -0.481 e. The molecule has 5 N–H and O–H groups in total. The lowest BCUT2D eigenvalue weighted by Gasteiger charge is -2.11. The number of nitrogens with one attached hydrogen (secondary N) is 2. The van der Waals surface area contributed by atoms with Gasteiger partial charge in [-0.2, -0.15) is 0 Å². The molecule has 0 fully saturated rings. The third-order valence-electron chi connectivity index (χ3n) is 4.10. The van der Waals surface area contributed by atoms with Gasteiger partial charge in [-0.15, -0.1) is 0 Å². The van der Waals surface area contributed by atoms with Crippen molar-refractivity contribution in [3.05, 3.63) is 59.2 Å². The number of benzene rings is 2. The number of rotatable bonds is 10. The van der Waals surface area contributed by atoms with Crippen LogP contribution >= 0.6 is 0 Å². The number of aliphatic carboxylic acids is 1. The van der Waals surface area contributed by atoms with Gasteiger partial charge in [0.2, 0.25) is 0 Å². The Labute approximate surface area is 158 Å². The van der Waals surface area contributed by atoms with Crippen LogP contribution in [0.3, 0.4) is 0 Å². The summed E-state index contributed by atoms with van der Waals surface area (Å²) in [6.45, 7) is 2.18. The molecule has 0 saturated heterocycles. The van der Waals surface area contributed by atoms with E-state index in [1.165, 1.54) is 6.34 Å². The van der Waals surface area contributed by atoms with Crippen molar-refractivity contribution in [2.45, 2.75) is 26.2 Å². The fourth-order valence-corrected chi connectivity index (χ4v) is 2.71. The van der Waals surface area contributed by atoms with Gasteiger partial charge in [0.15, 0.2) is 5.78 Å². The summed E-state index contributed by atoms with van der Waals surface area (Å²) < 4.78 is 0. The number of carbonyl (C=O) groups is 2. The maximum Gasteiger partial charge on any atom is 0.303 e. The third-order valence-corrected chi connectivity index (χ3v) is 4.10. The van der Waals surface area contributed by atoms with Crippen LogP contribution in [0.1, 0.15) is 34.8 Å². The van der Waals surface area contributed by atoms with Gasteiger partial charge in [-0.1, -0.05) is 25.1 Å². The largest absolute Gasteiger partial charge is 0.481 e. The molecule has 0 saturated carbocycles. The number of nitrogens with zero attached hydrogens (tertiary/aromatic N) is 1. The molecule has 0 aliphatic carbocycles.